The first-order chi connectivity index (χ1) is 10.2. The van der Waals surface area contributed by atoms with E-state index >= 15 is 0 Å². The second-order valence-electron chi connectivity index (χ2n) is 4.63. The van der Waals surface area contributed by atoms with Crippen LogP contribution < -0.4 is 20.2 Å². The van der Waals surface area contributed by atoms with Crippen molar-refractivity contribution in [2.24, 2.45) is 0 Å². The number of benzene rings is 1. The van der Waals surface area contributed by atoms with E-state index in [-0.39, 0.29) is 23.6 Å². The lowest BCUT2D eigenvalue weighted by Crippen LogP contribution is -2.41. The van der Waals surface area contributed by atoms with Gasteiger partial charge in [0.2, 0.25) is 0 Å². The molecule has 2 N–H and O–H groups in total. The molecule has 0 radical (unpaired) electrons. The van der Waals surface area contributed by atoms with Crippen LogP contribution in [0.1, 0.15) is 10.4 Å². The van der Waals surface area contributed by atoms with E-state index in [9.17, 15) is 9.59 Å². The molecule has 108 valence electrons. The minimum atomic E-state index is -0.431. The molecule has 2 heterocycles. The van der Waals surface area contributed by atoms with Crippen molar-refractivity contribution in [3.05, 3.63) is 58.5 Å². The van der Waals surface area contributed by atoms with Gasteiger partial charge in [-0.15, -0.1) is 0 Å². The maximum atomic E-state index is 11.9. The van der Waals surface area contributed by atoms with E-state index in [0.717, 1.165) is 0 Å². The molecule has 0 bridgehead atoms. The van der Waals surface area contributed by atoms with Crippen LogP contribution in [-0.2, 0) is 0 Å². The second kappa shape index (κ2) is 5.70. The number of H-pyrrole nitrogens is 1. The predicted octanol–water partition coefficient (Wildman–Crippen LogP) is 0.945. The molecule has 6 nitrogen and oxygen atoms in total. The van der Waals surface area contributed by atoms with Crippen LogP contribution in [0.2, 0.25) is 0 Å². The standard InChI is InChI=1S/C15H14N2O4/c18-12-5-6-16-8-11(12)15(19)17-7-10-9-20-13-3-1-2-4-14(13)21-10/h1-6,8,10H,7,9H2,(H,16,18)(H,17,19). The van der Waals surface area contributed by atoms with E-state index in [1.807, 2.05) is 24.3 Å². The molecule has 1 unspecified atom stereocenters. The molecule has 1 aromatic heterocycles. The fourth-order valence-corrected chi connectivity index (χ4v) is 2.06. The number of aromatic nitrogens is 1. The number of ether oxygens (including phenoxy) is 2. The average Bonchev–Trinajstić information content (AvgIpc) is 2.53. The third-order valence-electron chi connectivity index (χ3n) is 3.13. The van der Waals surface area contributed by atoms with Crippen LogP contribution >= 0.6 is 0 Å². The van der Waals surface area contributed by atoms with E-state index in [1.54, 1.807) is 0 Å². The first kappa shape index (κ1) is 13.2. The quantitative estimate of drug-likeness (QED) is 0.880. The summed E-state index contributed by atoms with van der Waals surface area (Å²) < 4.78 is 11.3. The van der Waals surface area contributed by atoms with Crippen LogP contribution in [0.15, 0.2) is 47.5 Å². The summed E-state index contributed by atoms with van der Waals surface area (Å²) in [6.45, 7) is 0.615. The highest BCUT2D eigenvalue weighted by atomic mass is 16.6. The summed E-state index contributed by atoms with van der Waals surface area (Å²) in [6, 6.07) is 8.67. The van der Waals surface area contributed by atoms with E-state index in [4.69, 9.17) is 9.47 Å². The Morgan fingerprint density at radius 2 is 2.10 bits per heavy atom. The first-order valence-corrected chi connectivity index (χ1v) is 6.58. The molecule has 3 rings (SSSR count). The van der Waals surface area contributed by atoms with E-state index in [0.29, 0.717) is 18.1 Å². The number of pyridine rings is 1. The molecular weight excluding hydrogens is 272 g/mol. The van der Waals surface area contributed by atoms with E-state index in [2.05, 4.69) is 10.3 Å². The summed E-state index contributed by atoms with van der Waals surface area (Å²) in [4.78, 5) is 26.2. The third kappa shape index (κ3) is 2.89. The maximum absolute atomic E-state index is 11.9. The number of rotatable bonds is 3. The lowest BCUT2D eigenvalue weighted by molar-refractivity contribution is 0.0788. The minimum Gasteiger partial charge on any atom is -0.486 e. The van der Waals surface area contributed by atoms with Crippen molar-refractivity contribution in [2.45, 2.75) is 6.10 Å². The van der Waals surface area contributed by atoms with Gasteiger partial charge in [0.1, 0.15) is 18.3 Å². The van der Waals surface area contributed by atoms with Gasteiger partial charge in [0, 0.05) is 18.5 Å². The normalized spacial score (nSPS) is 16.3. The molecule has 0 saturated carbocycles. The zero-order valence-electron chi connectivity index (χ0n) is 11.2. The fourth-order valence-electron chi connectivity index (χ4n) is 2.06. The number of para-hydroxylation sites is 2. The molecule has 0 saturated heterocycles. The van der Waals surface area contributed by atoms with Gasteiger partial charge in [0.05, 0.1) is 6.54 Å². The monoisotopic (exact) mass is 286 g/mol. The molecular formula is C15H14N2O4. The smallest absolute Gasteiger partial charge is 0.256 e. The number of nitrogens with one attached hydrogen (secondary N) is 2. The van der Waals surface area contributed by atoms with Crippen LogP contribution in [-0.4, -0.2) is 30.1 Å². The zero-order chi connectivity index (χ0) is 14.7. The highest BCUT2D eigenvalue weighted by Gasteiger charge is 2.21. The molecule has 1 aliphatic heterocycles. The van der Waals surface area contributed by atoms with Crippen LogP contribution in [0, 0.1) is 0 Å². The number of carbonyl (C=O) groups is 1. The Bertz CT molecular complexity index is 711. The topological polar surface area (TPSA) is 80.4 Å². The molecule has 1 aliphatic rings. The molecule has 0 fully saturated rings. The van der Waals surface area contributed by atoms with Crippen molar-refractivity contribution in [3.8, 4) is 11.5 Å². The van der Waals surface area contributed by atoms with Gasteiger partial charge >= 0.3 is 0 Å². The molecule has 21 heavy (non-hydrogen) atoms. The molecule has 0 aliphatic carbocycles. The second-order valence-corrected chi connectivity index (χ2v) is 4.63. The fraction of sp³-hybridized carbons (Fsp3) is 0.200. The van der Waals surface area contributed by atoms with Gasteiger partial charge in [0.25, 0.3) is 5.91 Å². The van der Waals surface area contributed by atoms with Crippen LogP contribution in [0.3, 0.4) is 0 Å². The van der Waals surface area contributed by atoms with Crippen LogP contribution in [0.5, 0.6) is 11.5 Å². The maximum Gasteiger partial charge on any atom is 0.256 e. The Morgan fingerprint density at radius 1 is 1.29 bits per heavy atom. The van der Waals surface area contributed by atoms with Gasteiger partial charge in [0.15, 0.2) is 16.9 Å². The first-order valence-electron chi connectivity index (χ1n) is 6.58. The third-order valence-corrected chi connectivity index (χ3v) is 3.13. The summed E-state index contributed by atoms with van der Waals surface area (Å²) in [7, 11) is 0. The van der Waals surface area contributed by atoms with Gasteiger partial charge < -0.3 is 19.8 Å². The summed E-state index contributed by atoms with van der Waals surface area (Å²) in [5.74, 6) is 0.916. The van der Waals surface area contributed by atoms with Gasteiger partial charge in [-0.25, -0.2) is 0 Å². The number of hydrogen-bond donors (Lipinski definition) is 2. The molecule has 2 aromatic rings. The number of carbonyl (C=O) groups excluding carboxylic acids is 1. The van der Waals surface area contributed by atoms with Crippen LogP contribution in [0.4, 0.5) is 0 Å². The molecule has 6 heteroatoms. The Balaban J connectivity index is 1.61. The van der Waals surface area contributed by atoms with E-state index < -0.39 is 5.91 Å². The summed E-state index contributed by atoms with van der Waals surface area (Å²) in [6.07, 6.45) is 2.57. The largest absolute Gasteiger partial charge is 0.486 e. The Kier molecular flexibility index (Phi) is 3.59. The van der Waals surface area contributed by atoms with Crippen molar-refractivity contribution in [1.82, 2.24) is 10.3 Å². The summed E-state index contributed by atoms with van der Waals surface area (Å²) >= 11 is 0. The van der Waals surface area contributed by atoms with Crippen molar-refractivity contribution >= 4 is 5.91 Å². The lowest BCUT2D eigenvalue weighted by Gasteiger charge is -2.26. The van der Waals surface area contributed by atoms with Crippen molar-refractivity contribution in [3.63, 3.8) is 0 Å². The van der Waals surface area contributed by atoms with Gasteiger partial charge in [-0.3, -0.25) is 9.59 Å². The molecule has 1 aromatic carbocycles. The van der Waals surface area contributed by atoms with E-state index in [1.165, 1.54) is 18.5 Å². The summed E-state index contributed by atoms with van der Waals surface area (Å²) in [5, 5.41) is 2.68. The van der Waals surface area contributed by atoms with Gasteiger partial charge in [-0.2, -0.15) is 0 Å². The lowest BCUT2D eigenvalue weighted by atomic mass is 10.2. The molecule has 0 spiro atoms. The van der Waals surface area contributed by atoms with Crippen molar-refractivity contribution < 1.29 is 14.3 Å². The minimum absolute atomic E-state index is 0.0784. The number of amides is 1. The number of fused-ring (bicyclic) bond motifs is 1. The number of hydrogen-bond acceptors (Lipinski definition) is 4. The predicted molar refractivity (Wildman–Crippen MR) is 75.7 cm³/mol. The summed E-state index contributed by atoms with van der Waals surface area (Å²) in [5.41, 5.74) is -0.243. The molecule has 1 atom stereocenters. The Labute approximate surface area is 120 Å². The zero-order valence-corrected chi connectivity index (χ0v) is 11.2. The Morgan fingerprint density at radius 3 is 2.90 bits per heavy atom. The van der Waals surface area contributed by atoms with Gasteiger partial charge in [-0.1, -0.05) is 12.1 Å². The molecule has 1 amide bonds. The SMILES string of the molecule is O=C(NCC1COc2ccccc2O1)c1c[nH]ccc1=O. The number of aromatic amines is 1. The van der Waals surface area contributed by atoms with Gasteiger partial charge in [-0.05, 0) is 12.1 Å². The van der Waals surface area contributed by atoms with Crippen LogP contribution in [0.25, 0.3) is 0 Å². The highest BCUT2D eigenvalue weighted by Crippen LogP contribution is 2.30. The highest BCUT2D eigenvalue weighted by molar-refractivity contribution is 5.93. The van der Waals surface area contributed by atoms with Crippen molar-refractivity contribution in [2.75, 3.05) is 13.2 Å². The Hall–Kier alpha value is -2.76. The van der Waals surface area contributed by atoms with Crippen molar-refractivity contribution in [1.29, 1.82) is 0 Å². The average molecular weight is 286 g/mol.